The molecule has 2 rings (SSSR count). The molecular weight excluding hydrogens is 325 g/mol. The first-order valence-electron chi connectivity index (χ1n) is 7.07. The summed E-state index contributed by atoms with van der Waals surface area (Å²) in [4.78, 5) is 11.5. The number of rotatable bonds is 7. The summed E-state index contributed by atoms with van der Waals surface area (Å²) in [7, 11) is 0. The van der Waals surface area contributed by atoms with Crippen molar-refractivity contribution in [1.82, 2.24) is 0 Å². The molecule has 1 heterocycles. The minimum atomic E-state index is -0.772. The summed E-state index contributed by atoms with van der Waals surface area (Å²) in [6.07, 6.45) is 0.237. The number of furan rings is 1. The van der Waals surface area contributed by atoms with Gasteiger partial charge in [-0.05, 0) is 31.2 Å². The van der Waals surface area contributed by atoms with Gasteiger partial charge in [-0.15, -0.1) is 0 Å². The monoisotopic (exact) mass is 341 g/mol. The summed E-state index contributed by atoms with van der Waals surface area (Å²) >= 11 is 5.68. The van der Waals surface area contributed by atoms with E-state index in [9.17, 15) is 9.18 Å². The van der Waals surface area contributed by atoms with Crippen molar-refractivity contribution in [3.63, 3.8) is 0 Å². The Bertz CT molecular complexity index is 674. The van der Waals surface area contributed by atoms with E-state index in [0.29, 0.717) is 17.3 Å². The van der Waals surface area contributed by atoms with Gasteiger partial charge in [0.25, 0.3) is 0 Å². The van der Waals surface area contributed by atoms with Gasteiger partial charge < -0.3 is 19.6 Å². The Hall–Kier alpha value is -2.05. The number of carbonyl (C=O) groups is 1. The van der Waals surface area contributed by atoms with Crippen LogP contribution in [0.15, 0.2) is 34.7 Å². The lowest BCUT2D eigenvalue weighted by Crippen LogP contribution is -2.34. The molecule has 1 unspecified atom stereocenters. The standard InChI is InChI=1S/C16H17ClFNO4/c1-2-21-16(20)15(19)8-11-3-4-12(23-11)9-22-10-5-6-14(18)13(17)7-10/h3-7,15H,2,8-9,19H2,1H3. The molecular formula is C16H17ClFNO4. The summed E-state index contributed by atoms with van der Waals surface area (Å²) in [5.74, 6) is 0.560. The predicted molar refractivity (Wildman–Crippen MR) is 82.8 cm³/mol. The molecule has 1 aromatic carbocycles. The zero-order valence-electron chi connectivity index (χ0n) is 12.6. The lowest BCUT2D eigenvalue weighted by atomic mass is 10.2. The van der Waals surface area contributed by atoms with Gasteiger partial charge in [-0.3, -0.25) is 4.79 Å². The molecule has 0 aliphatic heterocycles. The number of benzene rings is 1. The molecule has 23 heavy (non-hydrogen) atoms. The third-order valence-corrected chi connectivity index (χ3v) is 3.29. The Morgan fingerprint density at radius 3 is 2.78 bits per heavy atom. The van der Waals surface area contributed by atoms with E-state index in [1.54, 1.807) is 19.1 Å². The molecule has 1 atom stereocenters. The van der Waals surface area contributed by atoms with Crippen LogP contribution in [0.1, 0.15) is 18.4 Å². The zero-order valence-corrected chi connectivity index (χ0v) is 13.3. The first-order chi connectivity index (χ1) is 11.0. The lowest BCUT2D eigenvalue weighted by Gasteiger charge is -2.08. The van der Waals surface area contributed by atoms with E-state index >= 15 is 0 Å². The SMILES string of the molecule is CCOC(=O)C(N)Cc1ccc(COc2ccc(F)c(Cl)c2)o1. The van der Waals surface area contributed by atoms with Crippen molar-refractivity contribution in [2.45, 2.75) is 26.0 Å². The van der Waals surface area contributed by atoms with E-state index in [1.807, 2.05) is 0 Å². The van der Waals surface area contributed by atoms with Gasteiger partial charge in [-0.1, -0.05) is 11.6 Å². The molecule has 2 N–H and O–H groups in total. The third-order valence-electron chi connectivity index (χ3n) is 3.00. The van der Waals surface area contributed by atoms with Crippen LogP contribution < -0.4 is 10.5 Å². The molecule has 0 aliphatic rings. The van der Waals surface area contributed by atoms with Crippen LogP contribution in [0.5, 0.6) is 5.75 Å². The average Bonchev–Trinajstić information content (AvgIpc) is 2.96. The van der Waals surface area contributed by atoms with Crippen LogP contribution in [0.3, 0.4) is 0 Å². The smallest absolute Gasteiger partial charge is 0.323 e. The maximum Gasteiger partial charge on any atom is 0.323 e. The number of nitrogens with two attached hydrogens (primary N) is 1. The summed E-state index contributed by atoms with van der Waals surface area (Å²) < 4.78 is 28.9. The van der Waals surface area contributed by atoms with Gasteiger partial charge in [-0.2, -0.15) is 0 Å². The minimum Gasteiger partial charge on any atom is -0.486 e. The van der Waals surface area contributed by atoms with Crippen LogP contribution in [0, 0.1) is 5.82 Å². The molecule has 7 heteroatoms. The highest BCUT2D eigenvalue weighted by Gasteiger charge is 2.17. The number of hydrogen-bond acceptors (Lipinski definition) is 5. The van der Waals surface area contributed by atoms with Crippen molar-refractivity contribution in [1.29, 1.82) is 0 Å². The van der Waals surface area contributed by atoms with Gasteiger partial charge in [-0.25, -0.2) is 4.39 Å². The zero-order chi connectivity index (χ0) is 16.8. The van der Waals surface area contributed by atoms with Crippen molar-refractivity contribution >= 4 is 17.6 Å². The van der Waals surface area contributed by atoms with Crippen molar-refractivity contribution < 1.29 is 23.1 Å². The molecule has 0 amide bonds. The van der Waals surface area contributed by atoms with Crippen molar-refractivity contribution in [3.05, 3.63) is 52.7 Å². The minimum absolute atomic E-state index is 0.0111. The third kappa shape index (κ3) is 4.97. The Morgan fingerprint density at radius 2 is 2.09 bits per heavy atom. The Kier molecular flexibility index (Phi) is 6.01. The fourth-order valence-corrected chi connectivity index (χ4v) is 2.05. The van der Waals surface area contributed by atoms with Crippen LogP contribution in [-0.4, -0.2) is 18.6 Å². The van der Waals surface area contributed by atoms with E-state index in [2.05, 4.69) is 0 Å². The second-order valence-electron chi connectivity index (χ2n) is 4.80. The molecule has 0 aliphatic carbocycles. The number of ether oxygens (including phenoxy) is 2. The van der Waals surface area contributed by atoms with Crippen molar-refractivity contribution in [3.8, 4) is 5.75 Å². The first-order valence-corrected chi connectivity index (χ1v) is 7.45. The second kappa shape index (κ2) is 7.99. The largest absolute Gasteiger partial charge is 0.486 e. The highest BCUT2D eigenvalue weighted by Crippen LogP contribution is 2.22. The molecule has 0 saturated carbocycles. The van der Waals surface area contributed by atoms with Gasteiger partial charge in [0.05, 0.1) is 11.6 Å². The quantitative estimate of drug-likeness (QED) is 0.783. The van der Waals surface area contributed by atoms with Gasteiger partial charge in [0.15, 0.2) is 0 Å². The molecule has 1 aromatic heterocycles. The Labute approximate surface area is 138 Å². The van der Waals surface area contributed by atoms with E-state index in [1.165, 1.54) is 18.2 Å². The second-order valence-corrected chi connectivity index (χ2v) is 5.20. The molecule has 124 valence electrons. The Morgan fingerprint density at radius 1 is 1.35 bits per heavy atom. The van der Waals surface area contributed by atoms with Crippen LogP contribution in [0.4, 0.5) is 4.39 Å². The molecule has 2 aromatic rings. The first kappa shape index (κ1) is 17.3. The molecule has 0 saturated heterocycles. The van der Waals surface area contributed by atoms with E-state index in [-0.39, 0.29) is 24.7 Å². The summed E-state index contributed by atoms with van der Waals surface area (Å²) in [5, 5.41) is -0.0111. The number of esters is 1. The van der Waals surface area contributed by atoms with Crippen LogP contribution in [0.25, 0.3) is 0 Å². The lowest BCUT2D eigenvalue weighted by molar-refractivity contribution is -0.144. The fourth-order valence-electron chi connectivity index (χ4n) is 1.88. The summed E-state index contributed by atoms with van der Waals surface area (Å²) in [6.45, 7) is 2.15. The normalized spacial score (nSPS) is 12.0. The van der Waals surface area contributed by atoms with Crippen LogP contribution in [-0.2, 0) is 22.6 Å². The van der Waals surface area contributed by atoms with Crippen molar-refractivity contribution in [2.24, 2.45) is 5.73 Å². The van der Waals surface area contributed by atoms with Crippen LogP contribution in [0.2, 0.25) is 5.02 Å². The number of carbonyl (C=O) groups excluding carboxylic acids is 1. The maximum atomic E-state index is 13.1. The van der Waals surface area contributed by atoms with Crippen LogP contribution >= 0.6 is 11.6 Å². The topological polar surface area (TPSA) is 74.7 Å². The van der Waals surface area contributed by atoms with Gasteiger partial charge in [0, 0.05) is 12.5 Å². The maximum absolute atomic E-state index is 13.1. The van der Waals surface area contributed by atoms with E-state index in [4.69, 9.17) is 31.2 Å². The molecule has 0 bridgehead atoms. The van der Waals surface area contributed by atoms with Gasteiger partial charge >= 0.3 is 5.97 Å². The highest BCUT2D eigenvalue weighted by molar-refractivity contribution is 6.30. The van der Waals surface area contributed by atoms with Gasteiger partial charge in [0.2, 0.25) is 0 Å². The summed E-state index contributed by atoms with van der Waals surface area (Å²) in [5.41, 5.74) is 5.72. The molecule has 0 fully saturated rings. The number of halogens is 2. The Balaban J connectivity index is 1.89. The summed E-state index contributed by atoms with van der Waals surface area (Å²) in [6, 6.07) is 6.75. The van der Waals surface area contributed by atoms with E-state index < -0.39 is 17.8 Å². The molecule has 5 nitrogen and oxygen atoms in total. The predicted octanol–water partition coefficient (Wildman–Crippen LogP) is 3.08. The molecule has 0 spiro atoms. The van der Waals surface area contributed by atoms with E-state index in [0.717, 1.165) is 0 Å². The fraction of sp³-hybridized carbons (Fsp3) is 0.312. The van der Waals surface area contributed by atoms with Crippen molar-refractivity contribution in [2.75, 3.05) is 6.61 Å². The van der Waals surface area contributed by atoms with Gasteiger partial charge in [0.1, 0.15) is 35.7 Å². The highest BCUT2D eigenvalue weighted by atomic mass is 35.5. The average molecular weight is 342 g/mol. The molecule has 0 radical (unpaired) electrons. The number of hydrogen-bond donors (Lipinski definition) is 1.